The van der Waals surface area contributed by atoms with Crippen LogP contribution >= 0.6 is 11.6 Å². The summed E-state index contributed by atoms with van der Waals surface area (Å²) in [4.78, 5) is 23.9. The van der Waals surface area contributed by atoms with Crippen molar-refractivity contribution in [2.24, 2.45) is 0 Å². The summed E-state index contributed by atoms with van der Waals surface area (Å²) in [6.07, 6.45) is -0.581. The molecule has 0 saturated carbocycles. The number of hydrogen-bond acceptors (Lipinski definition) is 3. The predicted octanol–water partition coefficient (Wildman–Crippen LogP) is 5.08. The van der Waals surface area contributed by atoms with Crippen LogP contribution < -0.4 is 10.6 Å². The number of carbonyl (C=O) groups is 2. The van der Waals surface area contributed by atoms with Gasteiger partial charge in [-0.3, -0.25) is 10.1 Å². The molecule has 0 fully saturated rings. The van der Waals surface area contributed by atoms with E-state index in [-0.39, 0.29) is 5.02 Å². The van der Waals surface area contributed by atoms with E-state index in [1.54, 1.807) is 45.0 Å². The van der Waals surface area contributed by atoms with Gasteiger partial charge in [-0.15, -0.1) is 0 Å². The Morgan fingerprint density at radius 2 is 1.68 bits per heavy atom. The van der Waals surface area contributed by atoms with E-state index in [0.29, 0.717) is 16.9 Å². The van der Waals surface area contributed by atoms with Crippen LogP contribution in [0, 0.1) is 5.82 Å². The highest BCUT2D eigenvalue weighted by atomic mass is 35.5. The maximum absolute atomic E-state index is 13.0. The zero-order valence-electron chi connectivity index (χ0n) is 14.0. The van der Waals surface area contributed by atoms with Crippen LogP contribution in [0.3, 0.4) is 0 Å². The molecule has 0 heterocycles. The summed E-state index contributed by atoms with van der Waals surface area (Å²) < 4.78 is 18.2. The molecule has 0 atom stereocenters. The van der Waals surface area contributed by atoms with Crippen LogP contribution in [-0.2, 0) is 4.74 Å². The van der Waals surface area contributed by atoms with Gasteiger partial charge < -0.3 is 10.1 Å². The van der Waals surface area contributed by atoms with E-state index in [1.165, 1.54) is 12.1 Å². The van der Waals surface area contributed by atoms with Crippen LogP contribution in [0.5, 0.6) is 0 Å². The fourth-order valence-corrected chi connectivity index (χ4v) is 2.13. The SMILES string of the molecule is CC(C)(C)OC(=O)Nc1ccc(C(=O)Nc2ccc(F)cc2Cl)cc1. The van der Waals surface area contributed by atoms with Gasteiger partial charge >= 0.3 is 6.09 Å². The van der Waals surface area contributed by atoms with Gasteiger partial charge in [0.15, 0.2) is 0 Å². The summed E-state index contributed by atoms with van der Waals surface area (Å²) in [6, 6.07) is 9.93. The number of hydrogen-bond donors (Lipinski definition) is 2. The molecule has 5 nitrogen and oxygen atoms in total. The molecule has 25 heavy (non-hydrogen) atoms. The van der Waals surface area contributed by atoms with Crippen molar-refractivity contribution in [3.63, 3.8) is 0 Å². The summed E-state index contributed by atoms with van der Waals surface area (Å²) in [5.74, 6) is -0.891. The van der Waals surface area contributed by atoms with E-state index in [0.717, 1.165) is 6.07 Å². The second-order valence-electron chi connectivity index (χ2n) is 6.28. The molecular formula is C18H18ClFN2O3. The molecule has 0 spiro atoms. The molecule has 0 aromatic heterocycles. The minimum atomic E-state index is -0.599. The standard InChI is InChI=1S/C18H18ClFN2O3/c1-18(2,3)25-17(24)21-13-7-4-11(5-8-13)16(23)22-15-9-6-12(20)10-14(15)19/h4-10H,1-3H3,(H,21,24)(H,22,23). The van der Waals surface area contributed by atoms with Crippen molar-refractivity contribution in [1.82, 2.24) is 0 Å². The lowest BCUT2D eigenvalue weighted by atomic mass is 10.2. The maximum atomic E-state index is 13.0. The molecule has 7 heteroatoms. The summed E-state index contributed by atoms with van der Waals surface area (Å²) in [7, 11) is 0. The number of nitrogens with one attached hydrogen (secondary N) is 2. The van der Waals surface area contributed by atoms with Gasteiger partial charge in [0.2, 0.25) is 0 Å². The summed E-state index contributed by atoms with van der Waals surface area (Å²) in [5.41, 5.74) is 0.558. The monoisotopic (exact) mass is 364 g/mol. The summed E-state index contributed by atoms with van der Waals surface area (Å²) >= 11 is 5.88. The lowest BCUT2D eigenvalue weighted by molar-refractivity contribution is 0.0636. The molecule has 0 aliphatic rings. The summed E-state index contributed by atoms with van der Waals surface area (Å²) in [5, 5.41) is 5.28. The molecular weight excluding hydrogens is 347 g/mol. The van der Waals surface area contributed by atoms with Crippen LogP contribution in [0.1, 0.15) is 31.1 Å². The van der Waals surface area contributed by atoms with E-state index in [9.17, 15) is 14.0 Å². The second-order valence-corrected chi connectivity index (χ2v) is 6.69. The van der Waals surface area contributed by atoms with Crippen LogP contribution in [0.2, 0.25) is 5.02 Å². The number of carbonyl (C=O) groups excluding carboxylic acids is 2. The molecule has 132 valence electrons. The molecule has 0 unspecified atom stereocenters. The fraction of sp³-hybridized carbons (Fsp3) is 0.222. The Balaban J connectivity index is 2.01. The molecule has 0 saturated heterocycles. The smallest absolute Gasteiger partial charge is 0.412 e. The molecule has 2 rings (SSSR count). The van der Waals surface area contributed by atoms with Crippen LogP contribution in [0.25, 0.3) is 0 Å². The van der Waals surface area contributed by atoms with Gasteiger partial charge in [0, 0.05) is 11.3 Å². The molecule has 0 radical (unpaired) electrons. The number of benzene rings is 2. The molecule has 2 aromatic rings. The summed E-state index contributed by atoms with van der Waals surface area (Å²) in [6.45, 7) is 5.29. The Hall–Kier alpha value is -2.60. The third-order valence-corrected chi connectivity index (χ3v) is 3.28. The van der Waals surface area contributed by atoms with Gasteiger partial charge in [-0.25, -0.2) is 9.18 Å². The Bertz CT molecular complexity index is 786. The average molecular weight is 365 g/mol. The minimum Gasteiger partial charge on any atom is -0.444 e. The van der Waals surface area contributed by atoms with Gasteiger partial charge in [0.1, 0.15) is 11.4 Å². The fourth-order valence-electron chi connectivity index (χ4n) is 1.91. The zero-order chi connectivity index (χ0) is 18.6. The molecule has 2 amide bonds. The van der Waals surface area contributed by atoms with Crippen LogP contribution in [0.15, 0.2) is 42.5 Å². The highest BCUT2D eigenvalue weighted by molar-refractivity contribution is 6.33. The number of anilines is 2. The minimum absolute atomic E-state index is 0.108. The average Bonchev–Trinajstić information content (AvgIpc) is 2.48. The van der Waals surface area contributed by atoms with Crippen molar-refractivity contribution in [1.29, 1.82) is 0 Å². The van der Waals surface area contributed by atoms with E-state index >= 15 is 0 Å². The lowest BCUT2D eigenvalue weighted by Gasteiger charge is -2.19. The second kappa shape index (κ2) is 7.53. The third-order valence-electron chi connectivity index (χ3n) is 2.97. The predicted molar refractivity (Wildman–Crippen MR) is 95.7 cm³/mol. The number of rotatable bonds is 3. The lowest BCUT2D eigenvalue weighted by Crippen LogP contribution is -2.27. The van der Waals surface area contributed by atoms with E-state index in [4.69, 9.17) is 16.3 Å². The number of amides is 2. The number of halogens is 2. The van der Waals surface area contributed by atoms with Crippen molar-refractivity contribution in [2.45, 2.75) is 26.4 Å². The highest BCUT2D eigenvalue weighted by Gasteiger charge is 2.16. The van der Waals surface area contributed by atoms with Crippen molar-refractivity contribution < 1.29 is 18.7 Å². The first-order chi connectivity index (χ1) is 11.6. The van der Waals surface area contributed by atoms with Crippen molar-refractivity contribution >= 4 is 35.0 Å². The molecule has 0 aliphatic heterocycles. The first-order valence-electron chi connectivity index (χ1n) is 7.50. The van der Waals surface area contributed by atoms with E-state index in [2.05, 4.69) is 10.6 Å². The highest BCUT2D eigenvalue weighted by Crippen LogP contribution is 2.23. The van der Waals surface area contributed by atoms with Gasteiger partial charge in [-0.1, -0.05) is 11.6 Å². The Morgan fingerprint density at radius 3 is 2.24 bits per heavy atom. The van der Waals surface area contributed by atoms with Crippen molar-refractivity contribution in [2.75, 3.05) is 10.6 Å². The van der Waals surface area contributed by atoms with E-state index < -0.39 is 23.4 Å². The Labute approximate surface area is 150 Å². The molecule has 2 aromatic carbocycles. The molecule has 0 aliphatic carbocycles. The zero-order valence-corrected chi connectivity index (χ0v) is 14.8. The van der Waals surface area contributed by atoms with Crippen molar-refractivity contribution in [3.05, 3.63) is 58.9 Å². The van der Waals surface area contributed by atoms with Gasteiger partial charge in [0.25, 0.3) is 5.91 Å². The van der Waals surface area contributed by atoms with Gasteiger partial charge in [-0.05, 0) is 63.2 Å². The number of ether oxygens (including phenoxy) is 1. The largest absolute Gasteiger partial charge is 0.444 e. The maximum Gasteiger partial charge on any atom is 0.412 e. The van der Waals surface area contributed by atoms with Crippen LogP contribution in [0.4, 0.5) is 20.6 Å². The first kappa shape index (κ1) is 18.7. The van der Waals surface area contributed by atoms with Crippen molar-refractivity contribution in [3.8, 4) is 0 Å². The van der Waals surface area contributed by atoms with Gasteiger partial charge in [0.05, 0.1) is 10.7 Å². The van der Waals surface area contributed by atoms with Gasteiger partial charge in [-0.2, -0.15) is 0 Å². The quantitative estimate of drug-likeness (QED) is 0.798. The van der Waals surface area contributed by atoms with E-state index in [1.807, 2.05) is 0 Å². The topological polar surface area (TPSA) is 67.4 Å². The first-order valence-corrected chi connectivity index (χ1v) is 7.88. The molecule has 2 N–H and O–H groups in total. The van der Waals surface area contributed by atoms with Crippen LogP contribution in [-0.4, -0.2) is 17.6 Å². The normalized spacial score (nSPS) is 10.9. The molecule has 0 bridgehead atoms. The Kier molecular flexibility index (Phi) is 5.64. The Morgan fingerprint density at radius 1 is 1.04 bits per heavy atom. The third kappa shape index (κ3) is 5.76.